The summed E-state index contributed by atoms with van der Waals surface area (Å²) in [6.45, 7) is 2.26. The number of carbonyl (C=O) groups excluding carboxylic acids is 2. The number of hydrogen-bond acceptors (Lipinski definition) is 5. The van der Waals surface area contributed by atoms with Crippen molar-refractivity contribution in [2.75, 3.05) is 34.4 Å². The van der Waals surface area contributed by atoms with Gasteiger partial charge in [0, 0.05) is 37.2 Å². The number of hydrazone groups is 1. The molecule has 3 amide bonds. The summed E-state index contributed by atoms with van der Waals surface area (Å²) in [5.74, 6) is 0.311. The molecule has 0 unspecified atom stereocenters. The second-order valence-corrected chi connectivity index (χ2v) is 7.68. The summed E-state index contributed by atoms with van der Waals surface area (Å²) in [7, 11) is 4.63. The van der Waals surface area contributed by atoms with Crippen LogP contribution in [0, 0.1) is 5.82 Å². The van der Waals surface area contributed by atoms with Crippen LogP contribution < -0.4 is 14.8 Å². The van der Waals surface area contributed by atoms with Crippen LogP contribution in [-0.2, 0) is 4.79 Å². The van der Waals surface area contributed by atoms with Crippen molar-refractivity contribution in [2.24, 2.45) is 5.10 Å². The van der Waals surface area contributed by atoms with E-state index in [1.165, 1.54) is 30.1 Å². The topological polar surface area (TPSA) is 83.5 Å². The highest BCUT2D eigenvalue weighted by Gasteiger charge is 2.36. The summed E-state index contributed by atoms with van der Waals surface area (Å²) < 4.78 is 25.4. The highest BCUT2D eigenvalue weighted by molar-refractivity contribution is 6.05. The summed E-state index contributed by atoms with van der Waals surface area (Å²) >= 11 is 0. The molecule has 3 rings (SSSR count). The van der Waals surface area contributed by atoms with Crippen molar-refractivity contribution in [3.63, 3.8) is 0 Å². The number of carbonyl (C=O) groups is 2. The molecule has 0 saturated heterocycles. The van der Waals surface area contributed by atoms with Crippen LogP contribution in [0.2, 0.25) is 0 Å². The predicted octanol–water partition coefficient (Wildman–Crippen LogP) is 3.57. The summed E-state index contributed by atoms with van der Waals surface area (Å²) in [4.78, 5) is 26.7. The van der Waals surface area contributed by atoms with Gasteiger partial charge in [-0.15, -0.1) is 0 Å². The van der Waals surface area contributed by atoms with Gasteiger partial charge < -0.3 is 19.7 Å². The lowest BCUT2D eigenvalue weighted by Gasteiger charge is -2.25. The fourth-order valence-corrected chi connectivity index (χ4v) is 3.64. The van der Waals surface area contributed by atoms with Gasteiger partial charge in [0.2, 0.25) is 0 Å². The number of hydrogen-bond donors (Lipinski definition) is 1. The molecular formula is C24H29FN4O4. The molecule has 1 aliphatic rings. The van der Waals surface area contributed by atoms with E-state index in [1.54, 1.807) is 43.5 Å². The van der Waals surface area contributed by atoms with E-state index in [-0.39, 0.29) is 12.6 Å². The van der Waals surface area contributed by atoms with Crippen molar-refractivity contribution in [3.8, 4) is 11.5 Å². The maximum atomic E-state index is 14.7. The van der Waals surface area contributed by atoms with E-state index in [1.807, 2.05) is 6.92 Å². The Morgan fingerprint density at radius 3 is 2.64 bits per heavy atom. The van der Waals surface area contributed by atoms with Crippen molar-refractivity contribution in [2.45, 2.75) is 25.8 Å². The van der Waals surface area contributed by atoms with E-state index in [9.17, 15) is 14.0 Å². The normalized spacial score (nSPS) is 15.1. The molecule has 1 aliphatic heterocycles. The maximum absolute atomic E-state index is 14.7. The van der Waals surface area contributed by atoms with Gasteiger partial charge in [-0.1, -0.05) is 25.1 Å². The average Bonchev–Trinajstić information content (AvgIpc) is 3.27. The molecule has 176 valence electrons. The molecule has 0 fully saturated rings. The molecule has 33 heavy (non-hydrogen) atoms. The van der Waals surface area contributed by atoms with E-state index in [0.717, 1.165) is 6.42 Å². The zero-order chi connectivity index (χ0) is 24.0. The molecule has 0 bridgehead atoms. The number of nitrogens with one attached hydrogen (secondary N) is 1. The van der Waals surface area contributed by atoms with Gasteiger partial charge in [0.25, 0.3) is 5.91 Å². The molecule has 2 aromatic carbocycles. The molecule has 0 aromatic heterocycles. The Hall–Kier alpha value is -3.62. The summed E-state index contributed by atoms with van der Waals surface area (Å²) in [5, 5.41) is 8.55. The van der Waals surface area contributed by atoms with Crippen LogP contribution in [0.1, 0.15) is 36.9 Å². The van der Waals surface area contributed by atoms with Crippen molar-refractivity contribution < 1.29 is 23.5 Å². The van der Waals surface area contributed by atoms with Gasteiger partial charge in [0.05, 0.1) is 26.0 Å². The molecule has 0 saturated carbocycles. The fraction of sp³-hybridized carbons (Fsp3) is 0.375. The first-order chi connectivity index (χ1) is 15.9. The number of amides is 3. The van der Waals surface area contributed by atoms with Crippen molar-refractivity contribution in [1.29, 1.82) is 0 Å². The van der Waals surface area contributed by atoms with Gasteiger partial charge in [0.1, 0.15) is 23.9 Å². The zero-order valence-corrected chi connectivity index (χ0v) is 19.3. The second-order valence-electron chi connectivity index (χ2n) is 7.68. The van der Waals surface area contributed by atoms with Crippen LogP contribution in [0.15, 0.2) is 47.6 Å². The number of likely N-dealkylation sites (N-methyl/N-ethyl adjacent to an activating group) is 1. The van der Waals surface area contributed by atoms with Gasteiger partial charge in [0.15, 0.2) is 0 Å². The average molecular weight is 457 g/mol. The third-order valence-corrected chi connectivity index (χ3v) is 5.40. The Kier molecular flexibility index (Phi) is 7.87. The lowest BCUT2D eigenvalue weighted by molar-refractivity contribution is -0.133. The van der Waals surface area contributed by atoms with Crippen LogP contribution in [0.5, 0.6) is 11.5 Å². The smallest absolute Gasteiger partial charge is 0.317 e. The van der Waals surface area contributed by atoms with E-state index in [2.05, 4.69) is 10.4 Å². The number of nitrogens with zero attached hydrogens (tertiary/aromatic N) is 3. The van der Waals surface area contributed by atoms with Gasteiger partial charge in [-0.05, 0) is 24.6 Å². The zero-order valence-electron chi connectivity index (χ0n) is 19.3. The van der Waals surface area contributed by atoms with Crippen molar-refractivity contribution in [3.05, 3.63) is 59.4 Å². The van der Waals surface area contributed by atoms with Gasteiger partial charge in [-0.3, -0.25) is 4.79 Å². The number of halogens is 1. The van der Waals surface area contributed by atoms with Gasteiger partial charge in [-0.25, -0.2) is 14.2 Å². The molecule has 0 aliphatic carbocycles. The number of benzene rings is 2. The van der Waals surface area contributed by atoms with Crippen LogP contribution in [-0.4, -0.2) is 61.9 Å². The lowest BCUT2D eigenvalue weighted by atomic mass is 9.97. The fourth-order valence-electron chi connectivity index (χ4n) is 3.64. The maximum Gasteiger partial charge on any atom is 0.317 e. The quantitative estimate of drug-likeness (QED) is 0.658. The second kappa shape index (κ2) is 10.8. The Morgan fingerprint density at radius 2 is 1.97 bits per heavy atom. The highest BCUT2D eigenvalue weighted by Crippen LogP contribution is 2.37. The minimum Gasteiger partial charge on any atom is -0.497 e. The predicted molar refractivity (Wildman–Crippen MR) is 123 cm³/mol. The summed E-state index contributed by atoms with van der Waals surface area (Å²) in [5.41, 5.74) is 1.62. The lowest BCUT2D eigenvalue weighted by Crippen LogP contribution is -2.43. The molecule has 1 heterocycles. The first-order valence-corrected chi connectivity index (χ1v) is 10.7. The number of urea groups is 1. The van der Waals surface area contributed by atoms with Crippen molar-refractivity contribution in [1.82, 2.24) is 15.2 Å². The molecule has 9 heteroatoms. The number of methoxy groups -OCH3 is 2. The van der Waals surface area contributed by atoms with Crippen molar-refractivity contribution >= 4 is 17.6 Å². The van der Waals surface area contributed by atoms with Crippen LogP contribution in [0.4, 0.5) is 9.18 Å². The first-order valence-electron chi connectivity index (χ1n) is 10.7. The monoisotopic (exact) mass is 456 g/mol. The number of rotatable bonds is 8. The van der Waals surface area contributed by atoms with E-state index < -0.39 is 17.8 Å². The van der Waals surface area contributed by atoms with E-state index in [4.69, 9.17) is 9.47 Å². The van der Waals surface area contributed by atoms with E-state index in [0.29, 0.717) is 41.3 Å². The summed E-state index contributed by atoms with van der Waals surface area (Å²) in [6, 6.07) is 10.6. The molecule has 0 radical (unpaired) electrons. The third-order valence-electron chi connectivity index (χ3n) is 5.40. The largest absolute Gasteiger partial charge is 0.497 e. The van der Waals surface area contributed by atoms with Crippen LogP contribution in [0.3, 0.4) is 0 Å². The Balaban J connectivity index is 1.93. The summed E-state index contributed by atoms with van der Waals surface area (Å²) in [6.07, 6.45) is 1.08. The SMILES string of the molecule is CCCNC(=O)N(C)CC(=O)N1N=C(c2ccc(OC)cc2OC)C[C@@H]1c1ccccc1F. The Bertz CT molecular complexity index is 1040. The molecule has 1 atom stereocenters. The van der Waals surface area contributed by atoms with Gasteiger partial charge in [-0.2, -0.15) is 5.10 Å². The Morgan fingerprint density at radius 1 is 1.21 bits per heavy atom. The molecular weight excluding hydrogens is 427 g/mol. The minimum absolute atomic E-state index is 0.197. The third kappa shape index (κ3) is 5.42. The highest BCUT2D eigenvalue weighted by atomic mass is 19.1. The molecule has 8 nitrogen and oxygen atoms in total. The van der Waals surface area contributed by atoms with Gasteiger partial charge >= 0.3 is 6.03 Å². The standard InChI is InChI=1S/C24H29FN4O4/c1-5-12-26-24(31)28(2)15-23(30)29-21(17-8-6-7-9-19(17)25)14-20(27-29)18-11-10-16(32-3)13-22(18)33-4/h6-11,13,21H,5,12,14-15H2,1-4H3,(H,26,31)/t21-/m1/s1. The van der Waals surface area contributed by atoms with E-state index >= 15 is 0 Å². The van der Waals surface area contributed by atoms with Crippen LogP contribution >= 0.6 is 0 Å². The number of ether oxygens (including phenoxy) is 2. The van der Waals surface area contributed by atoms with Crippen LogP contribution in [0.25, 0.3) is 0 Å². The molecule has 2 aromatic rings. The first kappa shape index (κ1) is 24.0. The minimum atomic E-state index is -0.646. The molecule has 1 N–H and O–H groups in total. The molecule has 0 spiro atoms. The Labute approximate surface area is 193 Å².